The standard InChI is InChI=1S/C19H24BNO3/c1-6-12-11-15(22)21(16(12)23)14-9-7-13(8-10-14)18(2,3)19(4,5)17(20)24/h7-10,12H,6,11H2,1-5H3. The molecule has 1 heterocycles. The van der Waals surface area contributed by atoms with Crippen LogP contribution in [-0.2, 0) is 19.8 Å². The minimum Gasteiger partial charge on any atom is -0.312 e. The number of carbonyl (C=O) groups is 3. The second-order valence-electron chi connectivity index (χ2n) is 7.54. The summed E-state index contributed by atoms with van der Waals surface area (Å²) in [6, 6.07) is 7.25. The van der Waals surface area contributed by atoms with Gasteiger partial charge in [0.25, 0.3) is 0 Å². The molecule has 1 aliphatic heterocycles. The van der Waals surface area contributed by atoms with Crippen LogP contribution in [0.1, 0.15) is 53.0 Å². The highest BCUT2D eigenvalue weighted by Gasteiger charge is 2.42. The molecule has 2 rings (SSSR count). The van der Waals surface area contributed by atoms with Crippen molar-refractivity contribution < 1.29 is 14.4 Å². The summed E-state index contributed by atoms with van der Waals surface area (Å²) in [6.45, 7) is 9.49. The van der Waals surface area contributed by atoms with Crippen molar-refractivity contribution in [2.75, 3.05) is 4.90 Å². The molecule has 4 nitrogen and oxygen atoms in total. The lowest BCUT2D eigenvalue weighted by atomic mass is 9.58. The Labute approximate surface area is 145 Å². The van der Waals surface area contributed by atoms with Gasteiger partial charge in [-0.15, -0.1) is 0 Å². The van der Waals surface area contributed by atoms with Crippen LogP contribution in [0.2, 0.25) is 0 Å². The molecular formula is C19H24BNO3. The third kappa shape index (κ3) is 2.81. The number of rotatable bonds is 5. The molecule has 0 aromatic heterocycles. The molecule has 1 atom stereocenters. The summed E-state index contributed by atoms with van der Waals surface area (Å²) in [4.78, 5) is 37.5. The highest BCUT2D eigenvalue weighted by Crippen LogP contribution is 2.42. The average molecular weight is 325 g/mol. The van der Waals surface area contributed by atoms with E-state index in [1.165, 1.54) is 4.90 Å². The SMILES string of the molecule is [B]C(=O)C(C)(C)C(C)(C)c1ccc(N2C(=O)CC(CC)C2=O)cc1. The van der Waals surface area contributed by atoms with Gasteiger partial charge >= 0.3 is 0 Å². The van der Waals surface area contributed by atoms with Gasteiger partial charge in [0.1, 0.15) is 0 Å². The first-order chi connectivity index (χ1) is 11.0. The molecule has 0 saturated carbocycles. The Kier molecular flexibility index (Phi) is 4.75. The predicted octanol–water partition coefficient (Wildman–Crippen LogP) is 2.98. The Balaban J connectivity index is 2.34. The fraction of sp³-hybridized carbons (Fsp3) is 0.526. The summed E-state index contributed by atoms with van der Waals surface area (Å²) in [7, 11) is 5.55. The fourth-order valence-corrected chi connectivity index (χ4v) is 2.98. The molecule has 0 spiro atoms. The Bertz CT molecular complexity index is 676. The molecule has 1 fully saturated rings. The predicted molar refractivity (Wildman–Crippen MR) is 94.9 cm³/mol. The monoisotopic (exact) mass is 325 g/mol. The topological polar surface area (TPSA) is 54.5 Å². The van der Waals surface area contributed by atoms with Gasteiger partial charge in [-0.3, -0.25) is 14.5 Å². The number of nitrogens with zero attached hydrogens (tertiary/aromatic N) is 1. The van der Waals surface area contributed by atoms with Crippen LogP contribution in [0, 0.1) is 11.3 Å². The second-order valence-corrected chi connectivity index (χ2v) is 7.54. The van der Waals surface area contributed by atoms with E-state index in [1.807, 2.05) is 46.8 Å². The van der Waals surface area contributed by atoms with Crippen molar-refractivity contribution in [3.05, 3.63) is 29.8 Å². The Hall–Kier alpha value is -1.91. The van der Waals surface area contributed by atoms with Crippen LogP contribution in [0.4, 0.5) is 5.69 Å². The maximum Gasteiger partial charge on any atom is 0.237 e. The molecule has 1 aromatic rings. The molecule has 1 aromatic carbocycles. The minimum atomic E-state index is -0.735. The van der Waals surface area contributed by atoms with Gasteiger partial charge in [-0.05, 0) is 24.1 Å². The Morgan fingerprint density at radius 1 is 1.17 bits per heavy atom. The summed E-state index contributed by atoms with van der Waals surface area (Å²) in [5, 5.41) is 0. The number of hydrogen-bond donors (Lipinski definition) is 0. The lowest BCUT2D eigenvalue weighted by Gasteiger charge is -2.41. The quantitative estimate of drug-likeness (QED) is 0.618. The highest BCUT2D eigenvalue weighted by molar-refractivity contribution is 6.59. The first kappa shape index (κ1) is 18.4. The molecule has 1 saturated heterocycles. The van der Waals surface area contributed by atoms with Crippen molar-refractivity contribution in [3.63, 3.8) is 0 Å². The Morgan fingerprint density at radius 2 is 1.71 bits per heavy atom. The molecule has 5 heteroatoms. The van der Waals surface area contributed by atoms with Crippen molar-refractivity contribution in [2.45, 2.75) is 52.9 Å². The molecule has 0 N–H and O–H groups in total. The number of benzene rings is 1. The Morgan fingerprint density at radius 3 is 2.12 bits per heavy atom. The molecular weight excluding hydrogens is 301 g/mol. The van der Waals surface area contributed by atoms with Crippen LogP contribution in [0.15, 0.2) is 24.3 Å². The van der Waals surface area contributed by atoms with Crippen LogP contribution in [0.25, 0.3) is 0 Å². The minimum absolute atomic E-state index is 0.132. The molecule has 1 aliphatic rings. The van der Waals surface area contributed by atoms with Crippen molar-refractivity contribution >= 4 is 31.0 Å². The third-order valence-electron chi connectivity index (χ3n) is 5.76. The summed E-state index contributed by atoms with van der Waals surface area (Å²) in [6.07, 6.45) is 0.941. The maximum absolute atomic E-state index is 12.3. The lowest BCUT2D eigenvalue weighted by Crippen LogP contribution is -2.43. The van der Waals surface area contributed by atoms with Crippen LogP contribution in [-0.4, -0.2) is 25.3 Å². The number of hydrogen-bond acceptors (Lipinski definition) is 3. The van der Waals surface area contributed by atoms with Crippen LogP contribution in [0.3, 0.4) is 0 Å². The second kappa shape index (κ2) is 6.19. The average Bonchev–Trinajstić information content (AvgIpc) is 2.81. The van der Waals surface area contributed by atoms with E-state index >= 15 is 0 Å². The molecule has 1 unspecified atom stereocenters. The van der Waals surface area contributed by atoms with E-state index in [-0.39, 0.29) is 29.8 Å². The summed E-state index contributed by atoms with van der Waals surface area (Å²) in [5.41, 5.74) is -0.0745. The van der Waals surface area contributed by atoms with Crippen LogP contribution in [0.5, 0.6) is 0 Å². The van der Waals surface area contributed by atoms with Crippen molar-refractivity contribution in [1.29, 1.82) is 0 Å². The largest absolute Gasteiger partial charge is 0.312 e. The zero-order chi connectivity index (χ0) is 18.3. The van der Waals surface area contributed by atoms with Crippen molar-refractivity contribution in [2.24, 2.45) is 11.3 Å². The zero-order valence-electron chi connectivity index (χ0n) is 15.1. The number of imide groups is 1. The molecule has 126 valence electrons. The van der Waals surface area contributed by atoms with Gasteiger partial charge in [0.2, 0.25) is 11.8 Å². The van der Waals surface area contributed by atoms with E-state index in [1.54, 1.807) is 12.1 Å². The van der Waals surface area contributed by atoms with Crippen molar-refractivity contribution in [1.82, 2.24) is 0 Å². The lowest BCUT2D eigenvalue weighted by molar-refractivity contribution is -0.123. The van der Waals surface area contributed by atoms with E-state index in [9.17, 15) is 14.4 Å². The normalized spacial score (nSPS) is 19.0. The van der Waals surface area contributed by atoms with Gasteiger partial charge in [-0.25, -0.2) is 0 Å². The molecule has 0 bridgehead atoms. The van der Waals surface area contributed by atoms with E-state index < -0.39 is 10.8 Å². The summed E-state index contributed by atoms with van der Waals surface area (Å²) in [5.74, 6) is -0.509. The number of carbonyl (C=O) groups excluding carboxylic acids is 3. The molecule has 0 aliphatic carbocycles. The summed E-state index contributed by atoms with van der Waals surface area (Å²) < 4.78 is 0. The van der Waals surface area contributed by atoms with E-state index in [2.05, 4.69) is 0 Å². The van der Waals surface area contributed by atoms with Gasteiger partial charge in [0, 0.05) is 23.2 Å². The van der Waals surface area contributed by atoms with Gasteiger partial charge in [0.15, 0.2) is 7.85 Å². The fourth-order valence-electron chi connectivity index (χ4n) is 2.98. The number of amides is 2. The van der Waals surface area contributed by atoms with E-state index in [0.717, 1.165) is 5.56 Å². The first-order valence-electron chi connectivity index (χ1n) is 8.31. The first-order valence-corrected chi connectivity index (χ1v) is 8.31. The molecule has 24 heavy (non-hydrogen) atoms. The highest BCUT2D eigenvalue weighted by atomic mass is 16.2. The van der Waals surface area contributed by atoms with Gasteiger partial charge < -0.3 is 4.79 Å². The van der Waals surface area contributed by atoms with E-state index in [4.69, 9.17) is 7.85 Å². The number of anilines is 1. The zero-order valence-corrected chi connectivity index (χ0v) is 15.1. The van der Waals surface area contributed by atoms with Crippen LogP contribution < -0.4 is 4.90 Å². The summed E-state index contributed by atoms with van der Waals surface area (Å²) >= 11 is 0. The van der Waals surface area contributed by atoms with Crippen LogP contribution >= 0.6 is 0 Å². The third-order valence-corrected chi connectivity index (χ3v) is 5.76. The molecule has 2 amide bonds. The smallest absolute Gasteiger partial charge is 0.237 e. The van der Waals surface area contributed by atoms with Crippen molar-refractivity contribution in [3.8, 4) is 0 Å². The van der Waals surface area contributed by atoms with Gasteiger partial charge in [0.05, 0.1) is 11.4 Å². The van der Waals surface area contributed by atoms with E-state index in [0.29, 0.717) is 12.1 Å². The molecule has 2 radical (unpaired) electrons. The van der Waals surface area contributed by atoms with Gasteiger partial charge in [-0.2, -0.15) is 0 Å². The maximum atomic E-state index is 12.3. The van der Waals surface area contributed by atoms with Gasteiger partial charge in [-0.1, -0.05) is 46.8 Å².